The molecule has 0 saturated heterocycles. The molecule has 1 fully saturated rings. The van der Waals surface area contributed by atoms with Crippen molar-refractivity contribution < 1.29 is 8.42 Å². The molecular formula is C16H26N2O2S. The molecule has 0 amide bonds. The molecule has 1 aliphatic rings. The molecule has 0 aromatic heterocycles. The fourth-order valence-corrected chi connectivity index (χ4v) is 4.76. The highest BCUT2D eigenvalue weighted by atomic mass is 32.2. The molecule has 1 saturated carbocycles. The zero-order chi connectivity index (χ0) is 15.5. The highest BCUT2D eigenvalue weighted by Gasteiger charge is 2.32. The maximum Gasteiger partial charge on any atom is 0.243 e. The van der Waals surface area contributed by atoms with Gasteiger partial charge in [0.2, 0.25) is 10.0 Å². The summed E-state index contributed by atoms with van der Waals surface area (Å²) in [7, 11) is -3.42. The second kappa shape index (κ2) is 6.90. The molecule has 0 atom stereocenters. The van der Waals surface area contributed by atoms with Crippen LogP contribution in [0.15, 0.2) is 23.1 Å². The third-order valence-corrected chi connectivity index (χ3v) is 6.35. The predicted molar refractivity (Wildman–Crippen MR) is 85.7 cm³/mol. The quantitative estimate of drug-likeness (QED) is 0.878. The van der Waals surface area contributed by atoms with Gasteiger partial charge in [-0.2, -0.15) is 4.31 Å². The zero-order valence-corrected chi connectivity index (χ0v) is 13.8. The summed E-state index contributed by atoms with van der Waals surface area (Å²) in [5.41, 5.74) is 7.71. The Morgan fingerprint density at radius 2 is 1.86 bits per heavy atom. The van der Waals surface area contributed by atoms with E-state index in [1.54, 1.807) is 16.4 Å². The van der Waals surface area contributed by atoms with Crippen LogP contribution in [0.5, 0.6) is 0 Å². The van der Waals surface area contributed by atoms with Crippen molar-refractivity contribution in [3.05, 3.63) is 29.3 Å². The van der Waals surface area contributed by atoms with Gasteiger partial charge in [-0.15, -0.1) is 0 Å². The Morgan fingerprint density at radius 1 is 1.19 bits per heavy atom. The summed E-state index contributed by atoms with van der Waals surface area (Å²) in [5.74, 6) is 0. The molecule has 1 aliphatic carbocycles. The number of hydrogen-bond donors (Lipinski definition) is 1. The van der Waals surface area contributed by atoms with E-state index in [-0.39, 0.29) is 6.04 Å². The van der Waals surface area contributed by atoms with E-state index in [2.05, 4.69) is 0 Å². The first-order chi connectivity index (χ1) is 9.96. The van der Waals surface area contributed by atoms with Gasteiger partial charge in [0, 0.05) is 12.6 Å². The van der Waals surface area contributed by atoms with Crippen LogP contribution in [0.3, 0.4) is 0 Å². The Labute approximate surface area is 128 Å². The fourth-order valence-electron chi connectivity index (χ4n) is 2.95. The van der Waals surface area contributed by atoms with E-state index in [1.807, 2.05) is 19.9 Å². The van der Waals surface area contributed by atoms with Gasteiger partial charge in [-0.3, -0.25) is 0 Å². The summed E-state index contributed by atoms with van der Waals surface area (Å²) < 4.78 is 27.6. The fraction of sp³-hybridized carbons (Fsp3) is 0.625. The molecule has 0 aliphatic heterocycles. The highest BCUT2D eigenvalue weighted by molar-refractivity contribution is 7.89. The molecule has 0 unspecified atom stereocenters. The average molecular weight is 310 g/mol. The largest absolute Gasteiger partial charge is 0.330 e. The average Bonchev–Trinajstić information content (AvgIpc) is 2.96. The lowest BCUT2D eigenvalue weighted by Gasteiger charge is -2.28. The molecule has 5 heteroatoms. The van der Waals surface area contributed by atoms with Crippen molar-refractivity contribution in [3.63, 3.8) is 0 Å². The number of hydrogen-bond acceptors (Lipinski definition) is 3. The van der Waals surface area contributed by atoms with Gasteiger partial charge in [-0.05, 0) is 62.9 Å². The van der Waals surface area contributed by atoms with Crippen molar-refractivity contribution >= 4 is 10.0 Å². The molecule has 1 aromatic rings. The third kappa shape index (κ3) is 3.65. The van der Waals surface area contributed by atoms with Gasteiger partial charge < -0.3 is 5.73 Å². The Kier molecular flexibility index (Phi) is 5.41. The predicted octanol–water partition coefficient (Wildman–Crippen LogP) is 2.59. The van der Waals surface area contributed by atoms with Crippen LogP contribution in [0.25, 0.3) is 0 Å². The standard InChI is InChI=1S/C16H26N2O2S/c1-13-8-9-16(12-14(13)2)21(19,20)18(11-5-10-17)15-6-3-4-7-15/h8-9,12,15H,3-7,10-11,17H2,1-2H3. The topological polar surface area (TPSA) is 63.4 Å². The van der Waals surface area contributed by atoms with Crippen molar-refractivity contribution in [1.82, 2.24) is 4.31 Å². The molecule has 0 heterocycles. The first-order valence-electron chi connectivity index (χ1n) is 7.76. The Hall–Kier alpha value is -0.910. The minimum atomic E-state index is -3.42. The second-order valence-electron chi connectivity index (χ2n) is 5.94. The maximum atomic E-state index is 13.0. The van der Waals surface area contributed by atoms with E-state index in [4.69, 9.17) is 5.73 Å². The normalized spacial score (nSPS) is 16.8. The van der Waals surface area contributed by atoms with Crippen LogP contribution >= 0.6 is 0 Å². The van der Waals surface area contributed by atoms with Crippen LogP contribution in [-0.4, -0.2) is 31.9 Å². The molecule has 4 nitrogen and oxygen atoms in total. The van der Waals surface area contributed by atoms with Crippen LogP contribution in [-0.2, 0) is 10.0 Å². The van der Waals surface area contributed by atoms with E-state index in [0.29, 0.717) is 24.4 Å². The van der Waals surface area contributed by atoms with Gasteiger partial charge in [0.25, 0.3) is 0 Å². The van der Waals surface area contributed by atoms with Gasteiger partial charge in [0.05, 0.1) is 4.90 Å². The van der Waals surface area contributed by atoms with Crippen LogP contribution in [0.1, 0.15) is 43.2 Å². The van der Waals surface area contributed by atoms with Gasteiger partial charge in [0.1, 0.15) is 0 Å². The first kappa shape index (κ1) is 16.5. The molecule has 21 heavy (non-hydrogen) atoms. The number of aryl methyl sites for hydroxylation is 2. The van der Waals surface area contributed by atoms with Gasteiger partial charge in [0.15, 0.2) is 0 Å². The SMILES string of the molecule is Cc1ccc(S(=O)(=O)N(CCCN)C2CCCC2)cc1C. The van der Waals surface area contributed by atoms with Crippen LogP contribution in [0.2, 0.25) is 0 Å². The third-order valence-electron chi connectivity index (χ3n) is 4.40. The molecule has 118 valence electrons. The lowest BCUT2D eigenvalue weighted by Crippen LogP contribution is -2.40. The number of benzene rings is 1. The molecular weight excluding hydrogens is 284 g/mol. The summed E-state index contributed by atoms with van der Waals surface area (Å²) in [6.07, 6.45) is 4.88. The Bertz CT molecular complexity index is 578. The molecule has 2 N–H and O–H groups in total. The minimum Gasteiger partial charge on any atom is -0.330 e. The summed E-state index contributed by atoms with van der Waals surface area (Å²) >= 11 is 0. The van der Waals surface area contributed by atoms with Crippen molar-refractivity contribution in [3.8, 4) is 0 Å². The lowest BCUT2D eigenvalue weighted by atomic mass is 10.1. The summed E-state index contributed by atoms with van der Waals surface area (Å²) in [5, 5.41) is 0. The molecule has 2 rings (SSSR count). The Balaban J connectivity index is 2.33. The number of sulfonamides is 1. The van der Waals surface area contributed by atoms with E-state index in [1.165, 1.54) is 0 Å². The second-order valence-corrected chi connectivity index (χ2v) is 7.83. The molecule has 0 bridgehead atoms. The first-order valence-corrected chi connectivity index (χ1v) is 9.20. The van der Waals surface area contributed by atoms with Gasteiger partial charge in [-0.1, -0.05) is 18.9 Å². The van der Waals surface area contributed by atoms with Crippen molar-refractivity contribution in [2.75, 3.05) is 13.1 Å². The number of rotatable bonds is 6. The monoisotopic (exact) mass is 310 g/mol. The zero-order valence-electron chi connectivity index (χ0n) is 13.0. The Morgan fingerprint density at radius 3 is 2.43 bits per heavy atom. The van der Waals surface area contributed by atoms with Crippen molar-refractivity contribution in [2.24, 2.45) is 5.73 Å². The maximum absolute atomic E-state index is 13.0. The molecule has 0 radical (unpaired) electrons. The minimum absolute atomic E-state index is 0.142. The number of nitrogens with two attached hydrogens (primary N) is 1. The van der Waals surface area contributed by atoms with Crippen molar-refractivity contribution in [2.45, 2.75) is 56.9 Å². The van der Waals surface area contributed by atoms with E-state index in [9.17, 15) is 8.42 Å². The summed E-state index contributed by atoms with van der Waals surface area (Å²) in [6.45, 7) is 4.99. The molecule has 0 spiro atoms. The molecule has 1 aromatic carbocycles. The van der Waals surface area contributed by atoms with Gasteiger partial charge >= 0.3 is 0 Å². The van der Waals surface area contributed by atoms with Crippen LogP contribution < -0.4 is 5.73 Å². The lowest BCUT2D eigenvalue weighted by molar-refractivity contribution is 0.320. The van der Waals surface area contributed by atoms with Crippen molar-refractivity contribution in [1.29, 1.82) is 0 Å². The van der Waals surface area contributed by atoms with Crippen LogP contribution in [0.4, 0.5) is 0 Å². The summed E-state index contributed by atoms with van der Waals surface area (Å²) in [6, 6.07) is 5.54. The van der Waals surface area contributed by atoms with Gasteiger partial charge in [-0.25, -0.2) is 8.42 Å². The van der Waals surface area contributed by atoms with Crippen LogP contribution in [0, 0.1) is 13.8 Å². The van der Waals surface area contributed by atoms with E-state index in [0.717, 1.165) is 36.8 Å². The summed E-state index contributed by atoms with van der Waals surface area (Å²) in [4.78, 5) is 0.412. The number of nitrogens with zero attached hydrogens (tertiary/aromatic N) is 1. The van der Waals surface area contributed by atoms with E-state index >= 15 is 0 Å². The van der Waals surface area contributed by atoms with E-state index < -0.39 is 10.0 Å². The smallest absolute Gasteiger partial charge is 0.243 e. The highest BCUT2D eigenvalue weighted by Crippen LogP contribution is 2.29.